The summed E-state index contributed by atoms with van der Waals surface area (Å²) in [6.07, 6.45) is 9.25. The lowest BCUT2D eigenvalue weighted by molar-refractivity contribution is 0.160. The molecule has 2 aliphatic carbocycles. The fourth-order valence-corrected chi connectivity index (χ4v) is 5.11. The third-order valence-corrected chi connectivity index (χ3v) is 6.18. The fourth-order valence-electron chi connectivity index (χ4n) is 5.11. The molecular formula is C21H25N3. The Morgan fingerprint density at radius 3 is 2.96 bits per heavy atom. The molecule has 0 amide bonds. The molecule has 1 N–H and O–H groups in total. The highest BCUT2D eigenvalue weighted by atomic mass is 15.5. The molecule has 1 saturated heterocycles. The first-order chi connectivity index (χ1) is 11.7. The minimum absolute atomic E-state index is 0.437. The maximum atomic E-state index is 3.75. The van der Waals surface area contributed by atoms with Crippen LogP contribution < -0.4 is 5.43 Å². The smallest absolute Gasteiger partial charge is 0.0535 e. The molecule has 1 aromatic carbocycles. The van der Waals surface area contributed by atoms with Gasteiger partial charge in [0.15, 0.2) is 0 Å². The van der Waals surface area contributed by atoms with Crippen LogP contribution in [-0.2, 0) is 6.42 Å². The van der Waals surface area contributed by atoms with Crippen LogP contribution in [0.4, 0.5) is 0 Å². The molecule has 3 heteroatoms. The molecule has 124 valence electrons. The molecular weight excluding hydrogens is 294 g/mol. The van der Waals surface area contributed by atoms with Crippen molar-refractivity contribution in [2.24, 2.45) is 0 Å². The minimum atomic E-state index is 0.437. The largest absolute Gasteiger partial charge is 0.296 e. The summed E-state index contributed by atoms with van der Waals surface area (Å²) < 4.78 is 0. The van der Waals surface area contributed by atoms with Gasteiger partial charge in [0.25, 0.3) is 0 Å². The van der Waals surface area contributed by atoms with Crippen molar-refractivity contribution in [3.63, 3.8) is 0 Å². The van der Waals surface area contributed by atoms with Crippen LogP contribution in [0.1, 0.15) is 23.5 Å². The molecule has 1 fully saturated rings. The molecule has 0 radical (unpaired) electrons. The molecule has 3 unspecified atom stereocenters. The van der Waals surface area contributed by atoms with Crippen molar-refractivity contribution in [1.29, 1.82) is 0 Å². The van der Waals surface area contributed by atoms with Crippen molar-refractivity contribution in [2.45, 2.75) is 30.8 Å². The number of hydrazine groups is 1. The Balaban J connectivity index is 1.78. The van der Waals surface area contributed by atoms with E-state index in [-0.39, 0.29) is 0 Å². The lowest BCUT2D eigenvalue weighted by Gasteiger charge is -2.40. The molecule has 0 saturated carbocycles. The number of fused-ring (bicyclic) bond motifs is 2. The Hall–Kier alpha value is -1.68. The van der Waals surface area contributed by atoms with Crippen LogP contribution >= 0.6 is 0 Å². The number of benzene rings is 1. The van der Waals surface area contributed by atoms with Crippen molar-refractivity contribution in [3.05, 3.63) is 70.3 Å². The van der Waals surface area contributed by atoms with Crippen molar-refractivity contribution in [2.75, 3.05) is 27.2 Å². The van der Waals surface area contributed by atoms with E-state index < -0.39 is 0 Å². The van der Waals surface area contributed by atoms with Crippen LogP contribution in [0.5, 0.6) is 0 Å². The first kappa shape index (κ1) is 14.6. The summed E-state index contributed by atoms with van der Waals surface area (Å²) in [5, 5.41) is 2.31. The summed E-state index contributed by atoms with van der Waals surface area (Å²) in [6, 6.07) is 9.99. The average molecular weight is 319 g/mol. The van der Waals surface area contributed by atoms with Gasteiger partial charge in [-0.1, -0.05) is 42.5 Å². The van der Waals surface area contributed by atoms with E-state index in [1.54, 1.807) is 11.1 Å². The summed E-state index contributed by atoms with van der Waals surface area (Å²) in [6.45, 7) is 2.19. The van der Waals surface area contributed by atoms with Crippen LogP contribution in [0.15, 0.2) is 59.2 Å². The Morgan fingerprint density at radius 2 is 2.04 bits per heavy atom. The van der Waals surface area contributed by atoms with Gasteiger partial charge in [-0.2, -0.15) is 0 Å². The third kappa shape index (κ3) is 2.08. The number of rotatable bonds is 0. The van der Waals surface area contributed by atoms with Crippen molar-refractivity contribution >= 4 is 0 Å². The van der Waals surface area contributed by atoms with Crippen LogP contribution in [0.3, 0.4) is 0 Å². The molecule has 1 aromatic rings. The van der Waals surface area contributed by atoms with Crippen molar-refractivity contribution in [3.8, 4) is 0 Å². The summed E-state index contributed by atoms with van der Waals surface area (Å²) in [7, 11) is 4.47. The second-order valence-electron chi connectivity index (χ2n) is 7.65. The highest BCUT2D eigenvalue weighted by Gasteiger charge is 2.41. The summed E-state index contributed by atoms with van der Waals surface area (Å²) in [5.41, 5.74) is 11.6. The molecule has 2 heterocycles. The summed E-state index contributed by atoms with van der Waals surface area (Å²) >= 11 is 0. The van der Waals surface area contributed by atoms with E-state index in [9.17, 15) is 0 Å². The predicted octanol–water partition coefficient (Wildman–Crippen LogP) is 2.64. The van der Waals surface area contributed by atoms with Crippen molar-refractivity contribution < 1.29 is 0 Å². The Morgan fingerprint density at radius 1 is 1.17 bits per heavy atom. The topological polar surface area (TPSA) is 18.5 Å². The first-order valence-electron chi connectivity index (χ1n) is 9.09. The second-order valence-corrected chi connectivity index (χ2v) is 7.65. The minimum Gasteiger partial charge on any atom is -0.296 e. The average Bonchev–Trinajstić information content (AvgIpc) is 2.82. The SMILES string of the molecule is CN1CC2C3=C4C(=CC=CC4N(C)CCC3N1)Cc1ccccc12. The lowest BCUT2D eigenvalue weighted by Crippen LogP contribution is -2.52. The summed E-state index contributed by atoms with van der Waals surface area (Å²) in [4.78, 5) is 2.53. The Kier molecular flexibility index (Phi) is 3.30. The number of hydrogen-bond acceptors (Lipinski definition) is 3. The number of hydrogen-bond donors (Lipinski definition) is 1. The molecule has 0 aromatic heterocycles. The third-order valence-electron chi connectivity index (χ3n) is 6.18. The summed E-state index contributed by atoms with van der Waals surface area (Å²) in [5.74, 6) is 0.513. The van der Waals surface area contributed by atoms with E-state index in [1.165, 1.54) is 23.1 Å². The van der Waals surface area contributed by atoms with Crippen LogP contribution in [0.25, 0.3) is 0 Å². The zero-order valence-corrected chi connectivity index (χ0v) is 14.5. The molecule has 2 aliphatic heterocycles. The van der Waals surface area contributed by atoms with E-state index >= 15 is 0 Å². The van der Waals surface area contributed by atoms with Gasteiger partial charge in [0.2, 0.25) is 0 Å². The number of allylic oxidation sites excluding steroid dienone is 2. The molecule has 24 heavy (non-hydrogen) atoms. The van der Waals surface area contributed by atoms with Gasteiger partial charge in [-0.15, -0.1) is 0 Å². The highest BCUT2D eigenvalue weighted by molar-refractivity contribution is 5.58. The normalized spacial score (nSPS) is 32.6. The molecule has 0 spiro atoms. The molecule has 0 bridgehead atoms. The predicted molar refractivity (Wildman–Crippen MR) is 97.7 cm³/mol. The number of nitrogens with one attached hydrogen (secondary N) is 1. The van der Waals surface area contributed by atoms with Gasteiger partial charge in [-0.3, -0.25) is 4.90 Å². The van der Waals surface area contributed by atoms with Gasteiger partial charge in [0.1, 0.15) is 0 Å². The highest BCUT2D eigenvalue weighted by Crippen LogP contribution is 2.45. The number of nitrogens with zero attached hydrogens (tertiary/aromatic N) is 2. The maximum absolute atomic E-state index is 3.75. The first-order valence-corrected chi connectivity index (χ1v) is 9.09. The van der Waals surface area contributed by atoms with Crippen molar-refractivity contribution in [1.82, 2.24) is 15.3 Å². The van der Waals surface area contributed by atoms with Gasteiger partial charge in [0.05, 0.1) is 6.04 Å². The molecule has 3 nitrogen and oxygen atoms in total. The molecule has 4 aliphatic rings. The van der Waals surface area contributed by atoms with Gasteiger partial charge in [-0.05, 0) is 47.7 Å². The van der Waals surface area contributed by atoms with E-state index in [1.807, 2.05) is 0 Å². The Bertz CT molecular complexity index is 773. The standard InChI is InChI=1S/C21H25N3/c1-23-11-10-18-21-17(13-24(2)22-18)16-8-4-3-6-14(16)12-15-7-5-9-19(23)20(15)21/h3-9,17-19,22H,10-13H2,1-2H3. The zero-order valence-electron chi connectivity index (χ0n) is 14.5. The van der Waals surface area contributed by atoms with Crippen LogP contribution in [0.2, 0.25) is 0 Å². The van der Waals surface area contributed by atoms with E-state index in [2.05, 4.69) is 71.9 Å². The lowest BCUT2D eigenvalue weighted by atomic mass is 9.79. The van der Waals surface area contributed by atoms with Crippen LogP contribution in [0, 0.1) is 0 Å². The zero-order chi connectivity index (χ0) is 16.3. The number of likely N-dealkylation sites (N-methyl/N-ethyl adjacent to an activating group) is 2. The maximum Gasteiger partial charge on any atom is 0.0535 e. The molecule has 5 rings (SSSR count). The second kappa shape index (κ2) is 5.41. The monoisotopic (exact) mass is 319 g/mol. The van der Waals surface area contributed by atoms with Gasteiger partial charge < -0.3 is 0 Å². The van der Waals surface area contributed by atoms with Gasteiger partial charge in [-0.25, -0.2) is 10.4 Å². The van der Waals surface area contributed by atoms with E-state index in [0.717, 1.165) is 19.5 Å². The van der Waals surface area contributed by atoms with Gasteiger partial charge in [0, 0.05) is 32.1 Å². The van der Waals surface area contributed by atoms with E-state index in [4.69, 9.17) is 0 Å². The van der Waals surface area contributed by atoms with E-state index in [0.29, 0.717) is 18.0 Å². The van der Waals surface area contributed by atoms with Gasteiger partial charge >= 0.3 is 0 Å². The van der Waals surface area contributed by atoms with Crippen LogP contribution in [-0.4, -0.2) is 49.2 Å². The fraction of sp³-hybridized carbons (Fsp3) is 0.429. The molecule has 3 atom stereocenters. The Labute approximate surface area is 144 Å². The quantitative estimate of drug-likeness (QED) is 0.793.